The van der Waals surface area contributed by atoms with Crippen molar-refractivity contribution in [3.8, 4) is 0 Å². The molecule has 0 aliphatic heterocycles. The van der Waals surface area contributed by atoms with Crippen LogP contribution >= 0.6 is 0 Å². The van der Waals surface area contributed by atoms with E-state index < -0.39 is 15.9 Å². The first-order valence-electron chi connectivity index (χ1n) is 8.83. The monoisotopic (exact) mass is 397 g/mol. The average Bonchev–Trinajstić information content (AvgIpc) is 2.73. The second-order valence-electron chi connectivity index (χ2n) is 6.28. The van der Waals surface area contributed by atoms with Crippen LogP contribution in [-0.4, -0.2) is 18.5 Å². The van der Waals surface area contributed by atoms with Crippen LogP contribution in [0.1, 0.15) is 36.1 Å². The fourth-order valence-electron chi connectivity index (χ4n) is 2.74. The van der Waals surface area contributed by atoms with Crippen molar-refractivity contribution in [2.24, 2.45) is 0 Å². The third kappa shape index (κ3) is 4.35. The van der Waals surface area contributed by atoms with Crippen LogP contribution in [0.4, 0.5) is 4.39 Å². The Kier molecular flexibility index (Phi) is 6.02. The third-order valence-electron chi connectivity index (χ3n) is 4.33. The highest BCUT2D eigenvalue weighted by Gasteiger charge is 2.25. The molecule has 0 spiro atoms. The molecule has 6 heteroatoms. The first-order chi connectivity index (χ1) is 13.4. The fourth-order valence-corrected chi connectivity index (χ4v) is 4.17. The molecule has 3 aromatic rings. The summed E-state index contributed by atoms with van der Waals surface area (Å²) in [4.78, 5) is 4.11. The summed E-state index contributed by atoms with van der Waals surface area (Å²) in [7, 11) is -3.85. The molecule has 1 atom stereocenters. The normalized spacial score (nSPS) is 13.0. The Morgan fingerprint density at radius 1 is 1.00 bits per heavy atom. The van der Waals surface area contributed by atoms with Gasteiger partial charge in [0, 0.05) is 11.8 Å². The van der Waals surface area contributed by atoms with Crippen LogP contribution in [0, 0.1) is 5.82 Å². The predicted octanol–water partition coefficient (Wildman–Crippen LogP) is 4.67. The molecule has 1 heterocycles. The van der Waals surface area contributed by atoms with Crippen molar-refractivity contribution in [2.45, 2.75) is 29.4 Å². The van der Waals surface area contributed by atoms with Gasteiger partial charge in [-0.05, 0) is 47.9 Å². The minimum Gasteiger partial charge on any atom is -0.388 e. The fraction of sp³-hybridized carbons (Fsp3) is 0.136. The maximum absolute atomic E-state index is 13.0. The summed E-state index contributed by atoms with van der Waals surface area (Å²) in [5.41, 5.74) is 1.94. The van der Waals surface area contributed by atoms with Crippen LogP contribution < -0.4 is 0 Å². The molecule has 0 saturated carbocycles. The Balaban J connectivity index is 1.88. The Morgan fingerprint density at radius 2 is 1.57 bits per heavy atom. The molecule has 4 nitrogen and oxygen atoms in total. The number of aromatic nitrogens is 1. The smallest absolute Gasteiger partial charge is 0.224 e. The first-order valence-corrected chi connectivity index (χ1v) is 10.3. The van der Waals surface area contributed by atoms with Gasteiger partial charge in [-0.15, -0.1) is 0 Å². The highest BCUT2D eigenvalue weighted by Crippen LogP contribution is 2.28. The van der Waals surface area contributed by atoms with Crippen molar-refractivity contribution in [1.82, 2.24) is 4.98 Å². The number of rotatable bonds is 6. The van der Waals surface area contributed by atoms with Crippen molar-refractivity contribution in [2.75, 3.05) is 0 Å². The summed E-state index contributed by atoms with van der Waals surface area (Å²) in [6.45, 7) is 1.77. The van der Waals surface area contributed by atoms with Crippen molar-refractivity contribution >= 4 is 22.0 Å². The SMILES string of the molecule is CCC(O)c1cccnc1S(=O)(=O)c1ccc(C=Cc2ccc(F)cc2)cc1. The average molecular weight is 397 g/mol. The van der Waals surface area contributed by atoms with E-state index in [4.69, 9.17) is 0 Å². The van der Waals surface area contributed by atoms with Gasteiger partial charge < -0.3 is 5.11 Å². The van der Waals surface area contributed by atoms with Crippen molar-refractivity contribution < 1.29 is 17.9 Å². The quantitative estimate of drug-likeness (QED) is 0.614. The lowest BCUT2D eigenvalue weighted by molar-refractivity contribution is 0.169. The van der Waals surface area contributed by atoms with E-state index in [2.05, 4.69) is 4.98 Å². The van der Waals surface area contributed by atoms with Gasteiger partial charge in [0.25, 0.3) is 0 Å². The first kappa shape index (κ1) is 19.9. The number of hydrogen-bond acceptors (Lipinski definition) is 4. The van der Waals surface area contributed by atoms with E-state index in [0.717, 1.165) is 11.1 Å². The number of aliphatic hydroxyl groups excluding tert-OH is 1. The zero-order chi connectivity index (χ0) is 20.1. The van der Waals surface area contributed by atoms with Crippen LogP contribution in [0.5, 0.6) is 0 Å². The molecule has 3 rings (SSSR count). The van der Waals surface area contributed by atoms with Gasteiger partial charge in [0.15, 0.2) is 5.03 Å². The van der Waals surface area contributed by atoms with E-state index in [1.54, 1.807) is 43.3 Å². The minimum absolute atomic E-state index is 0.106. The van der Waals surface area contributed by atoms with Gasteiger partial charge in [0.05, 0.1) is 11.0 Å². The molecule has 0 aliphatic carbocycles. The second-order valence-corrected chi connectivity index (χ2v) is 8.14. The zero-order valence-corrected chi connectivity index (χ0v) is 16.1. The molecular formula is C22H20FNO3S. The molecule has 0 aliphatic rings. The summed E-state index contributed by atoms with van der Waals surface area (Å²) in [6, 6.07) is 15.7. The summed E-state index contributed by atoms with van der Waals surface area (Å²) >= 11 is 0. The van der Waals surface area contributed by atoms with Gasteiger partial charge in [0.1, 0.15) is 5.82 Å². The number of pyridine rings is 1. The second kappa shape index (κ2) is 8.46. The van der Waals surface area contributed by atoms with Crippen LogP contribution in [0.3, 0.4) is 0 Å². The molecule has 0 amide bonds. The zero-order valence-electron chi connectivity index (χ0n) is 15.3. The number of nitrogens with zero attached hydrogens (tertiary/aromatic N) is 1. The maximum atomic E-state index is 13.0. The van der Waals surface area contributed by atoms with Crippen LogP contribution in [0.15, 0.2) is 76.8 Å². The number of hydrogen-bond donors (Lipinski definition) is 1. The van der Waals surface area contributed by atoms with Gasteiger partial charge in [-0.3, -0.25) is 0 Å². The van der Waals surface area contributed by atoms with E-state index in [0.29, 0.717) is 12.0 Å². The molecule has 0 saturated heterocycles. The highest BCUT2D eigenvalue weighted by atomic mass is 32.2. The van der Waals surface area contributed by atoms with Crippen LogP contribution in [0.25, 0.3) is 12.2 Å². The lowest BCUT2D eigenvalue weighted by atomic mass is 10.1. The van der Waals surface area contributed by atoms with E-state index in [9.17, 15) is 17.9 Å². The highest BCUT2D eigenvalue weighted by molar-refractivity contribution is 7.91. The summed E-state index contributed by atoms with van der Waals surface area (Å²) in [5.74, 6) is -0.297. The summed E-state index contributed by atoms with van der Waals surface area (Å²) < 4.78 is 38.9. The topological polar surface area (TPSA) is 67.3 Å². The summed E-state index contributed by atoms with van der Waals surface area (Å²) in [5, 5.41) is 10.00. The van der Waals surface area contributed by atoms with Gasteiger partial charge in [-0.25, -0.2) is 17.8 Å². The number of sulfone groups is 1. The molecule has 2 aromatic carbocycles. The Bertz CT molecular complexity index is 1080. The lowest BCUT2D eigenvalue weighted by Gasteiger charge is -2.13. The van der Waals surface area contributed by atoms with Crippen molar-refractivity contribution in [3.63, 3.8) is 0 Å². The Hall–Kier alpha value is -2.83. The molecule has 1 unspecified atom stereocenters. The van der Waals surface area contributed by atoms with E-state index in [1.165, 1.54) is 30.5 Å². The molecule has 1 aromatic heterocycles. The van der Waals surface area contributed by atoms with E-state index >= 15 is 0 Å². The van der Waals surface area contributed by atoms with Crippen molar-refractivity contribution in [1.29, 1.82) is 0 Å². The van der Waals surface area contributed by atoms with Gasteiger partial charge in [0.2, 0.25) is 9.84 Å². The van der Waals surface area contributed by atoms with Gasteiger partial charge >= 0.3 is 0 Å². The number of halogens is 1. The molecule has 0 radical (unpaired) electrons. The minimum atomic E-state index is -3.85. The van der Waals surface area contributed by atoms with Gasteiger partial charge in [-0.2, -0.15) is 0 Å². The number of aliphatic hydroxyl groups is 1. The van der Waals surface area contributed by atoms with E-state index in [1.807, 2.05) is 12.2 Å². The lowest BCUT2D eigenvalue weighted by Crippen LogP contribution is -2.10. The number of benzene rings is 2. The van der Waals surface area contributed by atoms with Crippen molar-refractivity contribution in [3.05, 3.63) is 89.4 Å². The van der Waals surface area contributed by atoms with E-state index in [-0.39, 0.29) is 15.7 Å². The molecule has 0 bridgehead atoms. The molecule has 0 fully saturated rings. The predicted molar refractivity (Wildman–Crippen MR) is 107 cm³/mol. The standard InChI is InChI=1S/C22H20FNO3S/c1-2-21(25)20-4-3-15-24-22(20)28(26,27)19-13-9-17(10-14-19)6-5-16-7-11-18(23)12-8-16/h3-15,21,25H,2H2,1H3. The molecule has 28 heavy (non-hydrogen) atoms. The Labute approximate surface area is 163 Å². The molecular weight excluding hydrogens is 377 g/mol. The van der Waals surface area contributed by atoms with Crippen LogP contribution in [-0.2, 0) is 9.84 Å². The van der Waals surface area contributed by atoms with Crippen LogP contribution in [0.2, 0.25) is 0 Å². The summed E-state index contributed by atoms with van der Waals surface area (Å²) in [6.07, 6.45) is 4.53. The molecule has 144 valence electrons. The third-order valence-corrected chi connectivity index (χ3v) is 6.07. The molecule has 1 N–H and O–H groups in total. The van der Waals surface area contributed by atoms with Gasteiger partial charge in [-0.1, -0.05) is 49.4 Å². The maximum Gasteiger partial charge on any atom is 0.224 e. The Morgan fingerprint density at radius 3 is 2.14 bits per heavy atom. The largest absolute Gasteiger partial charge is 0.388 e.